The van der Waals surface area contributed by atoms with E-state index in [1.54, 1.807) is 6.07 Å². The maximum atomic E-state index is 11.2. The highest BCUT2D eigenvalue weighted by Crippen LogP contribution is 2.36. The van der Waals surface area contributed by atoms with E-state index >= 15 is 0 Å². The summed E-state index contributed by atoms with van der Waals surface area (Å²) in [6.45, 7) is 0. The second-order valence-corrected chi connectivity index (χ2v) is 5.51. The summed E-state index contributed by atoms with van der Waals surface area (Å²) in [5, 5.41) is 0. The van der Waals surface area contributed by atoms with Gasteiger partial charge >= 0.3 is 17.9 Å². The van der Waals surface area contributed by atoms with Crippen LogP contribution >= 0.6 is 7.75 Å². The highest BCUT2D eigenvalue weighted by Gasteiger charge is 2.25. The Labute approximate surface area is 81.0 Å². The summed E-state index contributed by atoms with van der Waals surface area (Å²) < 4.78 is 36.8. The second-order valence-electron chi connectivity index (χ2n) is 2.41. The van der Waals surface area contributed by atoms with Crippen LogP contribution in [0.4, 0.5) is 0 Å². The Hall–Kier alpha value is -0.720. The van der Waals surface area contributed by atoms with Crippen LogP contribution in [0.5, 0.6) is 0 Å². The summed E-state index contributed by atoms with van der Waals surface area (Å²) in [7, 11) is -8.80. The van der Waals surface area contributed by atoms with Crippen molar-refractivity contribution in [2.75, 3.05) is 0 Å². The molecule has 1 rings (SSSR count). The molecule has 8 heteroatoms. The Morgan fingerprint density at radius 3 is 2.21 bits per heavy atom. The van der Waals surface area contributed by atoms with Crippen molar-refractivity contribution in [2.45, 2.75) is 4.90 Å². The van der Waals surface area contributed by atoms with Crippen molar-refractivity contribution in [3.05, 3.63) is 30.3 Å². The van der Waals surface area contributed by atoms with E-state index in [-0.39, 0.29) is 4.90 Å². The predicted molar refractivity (Wildman–Crippen MR) is 48.7 cm³/mol. The van der Waals surface area contributed by atoms with E-state index in [1.807, 2.05) is 0 Å². The highest BCUT2D eigenvalue weighted by molar-refractivity contribution is 7.90. The standard InChI is InChI=1S/C6H8NO5PS/c7-13(8,9)12-14(10,11)6-4-2-1-3-5-6/h1-5H,(H3,7,8,9). The molecule has 0 aliphatic heterocycles. The Balaban J connectivity index is 3.05. The third-order valence-corrected chi connectivity index (χ3v) is 3.73. The molecule has 1 aromatic carbocycles. The molecule has 0 amide bonds. The van der Waals surface area contributed by atoms with Gasteiger partial charge in [-0.1, -0.05) is 18.2 Å². The van der Waals surface area contributed by atoms with Crippen LogP contribution in [0, 0.1) is 0 Å². The van der Waals surface area contributed by atoms with Crippen molar-refractivity contribution < 1.29 is 21.8 Å². The van der Waals surface area contributed by atoms with Gasteiger partial charge in [0.25, 0.3) is 0 Å². The Morgan fingerprint density at radius 1 is 1.29 bits per heavy atom. The summed E-state index contributed by atoms with van der Waals surface area (Å²) >= 11 is 0. The first-order chi connectivity index (χ1) is 6.31. The molecule has 0 aliphatic carbocycles. The van der Waals surface area contributed by atoms with Crippen molar-refractivity contribution in [3.63, 3.8) is 0 Å². The van der Waals surface area contributed by atoms with Gasteiger partial charge in [-0.15, -0.1) is 0 Å². The molecule has 6 nitrogen and oxygen atoms in total. The molecule has 0 fully saturated rings. The Morgan fingerprint density at radius 2 is 1.79 bits per heavy atom. The van der Waals surface area contributed by atoms with E-state index in [2.05, 4.69) is 9.47 Å². The van der Waals surface area contributed by atoms with Gasteiger partial charge < -0.3 is 4.89 Å². The first-order valence-corrected chi connectivity index (χ1v) is 6.49. The molecule has 0 spiro atoms. The van der Waals surface area contributed by atoms with Gasteiger partial charge in [-0.25, -0.2) is 10.1 Å². The number of nitrogens with two attached hydrogens (primary N) is 1. The maximum absolute atomic E-state index is 11.2. The minimum atomic E-state index is -4.54. The van der Waals surface area contributed by atoms with Crippen molar-refractivity contribution in [1.29, 1.82) is 0 Å². The molecule has 1 atom stereocenters. The van der Waals surface area contributed by atoms with Gasteiger partial charge in [-0.05, 0) is 12.1 Å². The highest BCUT2D eigenvalue weighted by atomic mass is 32.2. The average molecular weight is 237 g/mol. The quantitative estimate of drug-likeness (QED) is 0.739. The van der Waals surface area contributed by atoms with Gasteiger partial charge in [0.05, 0.1) is 4.90 Å². The normalized spacial score (nSPS) is 16.1. The van der Waals surface area contributed by atoms with Gasteiger partial charge in [0.2, 0.25) is 0 Å². The molecular weight excluding hydrogens is 229 g/mol. The van der Waals surface area contributed by atoms with E-state index in [4.69, 9.17) is 4.89 Å². The van der Waals surface area contributed by atoms with Crippen LogP contribution in [0.2, 0.25) is 0 Å². The maximum Gasteiger partial charge on any atom is 0.415 e. The van der Waals surface area contributed by atoms with Crippen molar-refractivity contribution >= 4 is 17.9 Å². The third-order valence-electron chi connectivity index (χ3n) is 1.24. The minimum Gasteiger partial charge on any atom is -0.312 e. The van der Waals surface area contributed by atoms with Gasteiger partial charge in [0.1, 0.15) is 0 Å². The van der Waals surface area contributed by atoms with Crippen molar-refractivity contribution in [3.8, 4) is 0 Å². The van der Waals surface area contributed by atoms with E-state index in [9.17, 15) is 13.0 Å². The Kier molecular flexibility index (Phi) is 3.08. The molecule has 14 heavy (non-hydrogen) atoms. The van der Waals surface area contributed by atoms with Gasteiger partial charge in [0, 0.05) is 0 Å². The van der Waals surface area contributed by atoms with Crippen LogP contribution in [-0.2, 0) is 18.7 Å². The fourth-order valence-corrected chi connectivity index (χ4v) is 2.73. The second kappa shape index (κ2) is 3.80. The van der Waals surface area contributed by atoms with Crippen molar-refractivity contribution in [1.82, 2.24) is 0 Å². The molecule has 1 unspecified atom stereocenters. The summed E-state index contributed by atoms with van der Waals surface area (Å²) in [4.78, 5) is 8.32. The molecule has 0 saturated heterocycles. The lowest BCUT2D eigenvalue weighted by Gasteiger charge is -2.06. The average Bonchev–Trinajstić information content (AvgIpc) is 2.01. The van der Waals surface area contributed by atoms with E-state index in [0.29, 0.717) is 0 Å². The lowest BCUT2D eigenvalue weighted by atomic mass is 10.4. The molecular formula is C6H8NO5PS. The zero-order chi connectivity index (χ0) is 10.8. The van der Waals surface area contributed by atoms with Gasteiger partial charge in [-0.3, -0.25) is 0 Å². The zero-order valence-electron chi connectivity index (χ0n) is 6.90. The fourth-order valence-electron chi connectivity index (χ4n) is 0.771. The summed E-state index contributed by atoms with van der Waals surface area (Å²) in [5.41, 5.74) is 4.57. The topological polar surface area (TPSA) is 107 Å². The Bertz CT molecular complexity index is 450. The number of hydrogen-bond acceptors (Lipinski definition) is 4. The molecule has 78 valence electrons. The molecule has 0 radical (unpaired) electrons. The van der Waals surface area contributed by atoms with Gasteiger partial charge in [-0.2, -0.15) is 12.4 Å². The fraction of sp³-hybridized carbons (Fsp3) is 0. The zero-order valence-corrected chi connectivity index (χ0v) is 8.61. The molecule has 0 aliphatic rings. The molecule has 3 N–H and O–H groups in total. The summed E-state index contributed by atoms with van der Waals surface area (Å²) in [6.07, 6.45) is 0. The van der Waals surface area contributed by atoms with Crippen LogP contribution in [0.3, 0.4) is 0 Å². The lowest BCUT2D eigenvalue weighted by molar-refractivity contribution is 0.378. The smallest absolute Gasteiger partial charge is 0.312 e. The predicted octanol–water partition coefficient (Wildman–Crippen LogP) is 0.451. The largest absolute Gasteiger partial charge is 0.415 e. The number of rotatable bonds is 3. The number of hydrogen-bond donors (Lipinski definition) is 2. The van der Waals surface area contributed by atoms with Crippen LogP contribution < -0.4 is 5.50 Å². The molecule has 0 bridgehead atoms. The van der Waals surface area contributed by atoms with Crippen LogP contribution in [0.15, 0.2) is 35.2 Å². The summed E-state index contributed by atoms with van der Waals surface area (Å²) in [6, 6.07) is 6.96. The van der Waals surface area contributed by atoms with Gasteiger partial charge in [0.15, 0.2) is 0 Å². The van der Waals surface area contributed by atoms with Crippen LogP contribution in [-0.4, -0.2) is 13.3 Å². The lowest BCUT2D eigenvalue weighted by Crippen LogP contribution is -2.08. The number of benzene rings is 1. The monoisotopic (exact) mass is 237 g/mol. The van der Waals surface area contributed by atoms with E-state index < -0.39 is 17.9 Å². The molecule has 0 aromatic heterocycles. The molecule has 1 aromatic rings. The van der Waals surface area contributed by atoms with E-state index in [0.717, 1.165) is 0 Å². The SMILES string of the molecule is NP(=O)(O)OS(=O)(=O)c1ccccc1. The first-order valence-electron chi connectivity index (χ1n) is 3.44. The van der Waals surface area contributed by atoms with Crippen LogP contribution in [0.1, 0.15) is 0 Å². The molecule has 0 saturated carbocycles. The van der Waals surface area contributed by atoms with E-state index in [1.165, 1.54) is 24.3 Å². The third kappa shape index (κ3) is 3.21. The minimum absolute atomic E-state index is 0.222. The van der Waals surface area contributed by atoms with Crippen molar-refractivity contribution in [2.24, 2.45) is 5.50 Å². The summed E-state index contributed by atoms with van der Waals surface area (Å²) in [5.74, 6) is 0. The van der Waals surface area contributed by atoms with Crippen LogP contribution in [0.25, 0.3) is 0 Å². The first kappa shape index (κ1) is 11.4. The molecule has 0 heterocycles.